The van der Waals surface area contributed by atoms with Crippen molar-refractivity contribution in [1.82, 2.24) is 25.0 Å². The second-order valence-electron chi connectivity index (χ2n) is 7.05. The van der Waals surface area contributed by atoms with Gasteiger partial charge in [0, 0.05) is 30.7 Å². The molecule has 2 aromatic heterocycles. The minimum Gasteiger partial charge on any atom is -0.493 e. The molecule has 1 aliphatic rings. The number of carbonyl (C=O) groups excluding carboxylic acids is 1. The third-order valence-corrected chi connectivity index (χ3v) is 5.23. The Hall–Kier alpha value is -2.91. The predicted octanol–water partition coefficient (Wildman–Crippen LogP) is 2.60. The van der Waals surface area contributed by atoms with Crippen LogP contribution in [0.4, 0.5) is 0 Å². The maximum absolute atomic E-state index is 12.7. The summed E-state index contributed by atoms with van der Waals surface area (Å²) in [6.45, 7) is 3.50. The first-order chi connectivity index (χ1) is 14.5. The van der Waals surface area contributed by atoms with Crippen LogP contribution >= 0.6 is 11.6 Å². The first-order valence-electron chi connectivity index (χ1n) is 9.62. The van der Waals surface area contributed by atoms with Crippen molar-refractivity contribution < 1.29 is 18.9 Å². The third kappa shape index (κ3) is 4.47. The molecule has 0 N–H and O–H groups in total. The number of morpholine rings is 1. The van der Waals surface area contributed by atoms with Gasteiger partial charge < -0.3 is 14.4 Å². The standard InChI is InChI=1S/C20H22ClN5O4/c1-13-19(24-30-23-13)20(27)26-8-10-29-18(12-26)17-11-15(25(2)22-17)7-9-28-16-5-3-14(21)4-6-16/h3-6,11,18H,7-10,12H2,1-2H3/t18-/m0/s1. The summed E-state index contributed by atoms with van der Waals surface area (Å²) in [5, 5.41) is 12.6. The summed E-state index contributed by atoms with van der Waals surface area (Å²) >= 11 is 5.89. The Balaban J connectivity index is 1.37. The number of nitrogens with zero attached hydrogens (tertiary/aromatic N) is 5. The van der Waals surface area contributed by atoms with Crippen molar-refractivity contribution in [3.63, 3.8) is 0 Å². The third-order valence-electron chi connectivity index (χ3n) is 4.97. The molecule has 4 rings (SSSR count). The highest BCUT2D eigenvalue weighted by molar-refractivity contribution is 6.30. The fourth-order valence-electron chi connectivity index (χ4n) is 3.31. The molecule has 3 heterocycles. The van der Waals surface area contributed by atoms with E-state index in [1.54, 1.807) is 24.0 Å². The van der Waals surface area contributed by atoms with E-state index in [0.717, 1.165) is 17.1 Å². The Labute approximate surface area is 178 Å². The van der Waals surface area contributed by atoms with Gasteiger partial charge in [0.1, 0.15) is 17.5 Å². The van der Waals surface area contributed by atoms with Crippen molar-refractivity contribution >= 4 is 17.5 Å². The van der Waals surface area contributed by atoms with Gasteiger partial charge in [-0.05, 0) is 42.4 Å². The molecule has 1 fully saturated rings. The number of hydrogen-bond donors (Lipinski definition) is 0. The molecular weight excluding hydrogens is 410 g/mol. The van der Waals surface area contributed by atoms with Crippen LogP contribution in [0.1, 0.15) is 33.7 Å². The van der Waals surface area contributed by atoms with E-state index in [2.05, 4.69) is 20.0 Å². The van der Waals surface area contributed by atoms with E-state index in [9.17, 15) is 4.79 Å². The zero-order chi connectivity index (χ0) is 21.1. The normalized spacial score (nSPS) is 16.6. The Morgan fingerprint density at radius 1 is 1.30 bits per heavy atom. The summed E-state index contributed by atoms with van der Waals surface area (Å²) in [4.78, 5) is 14.4. The number of amides is 1. The number of rotatable bonds is 6. The highest BCUT2D eigenvalue weighted by atomic mass is 35.5. The lowest BCUT2D eigenvalue weighted by molar-refractivity contribution is -0.0252. The molecule has 9 nitrogen and oxygen atoms in total. The molecule has 1 saturated heterocycles. The van der Waals surface area contributed by atoms with E-state index < -0.39 is 0 Å². The van der Waals surface area contributed by atoms with Crippen LogP contribution in [0.25, 0.3) is 0 Å². The van der Waals surface area contributed by atoms with E-state index >= 15 is 0 Å². The van der Waals surface area contributed by atoms with Crippen molar-refractivity contribution in [2.24, 2.45) is 7.05 Å². The van der Waals surface area contributed by atoms with Crippen molar-refractivity contribution in [1.29, 1.82) is 0 Å². The maximum Gasteiger partial charge on any atom is 0.278 e. The van der Waals surface area contributed by atoms with Gasteiger partial charge in [0.2, 0.25) is 0 Å². The van der Waals surface area contributed by atoms with Crippen molar-refractivity contribution in [2.75, 3.05) is 26.3 Å². The minimum atomic E-state index is -0.306. The van der Waals surface area contributed by atoms with Crippen LogP contribution < -0.4 is 4.74 Å². The van der Waals surface area contributed by atoms with Gasteiger partial charge in [0.05, 0.1) is 25.5 Å². The van der Waals surface area contributed by atoms with Gasteiger partial charge in [-0.3, -0.25) is 9.48 Å². The highest BCUT2D eigenvalue weighted by Crippen LogP contribution is 2.24. The zero-order valence-electron chi connectivity index (χ0n) is 16.7. The Kier molecular flexibility index (Phi) is 6.01. The van der Waals surface area contributed by atoms with Crippen LogP contribution in [0, 0.1) is 6.92 Å². The maximum atomic E-state index is 12.7. The quantitative estimate of drug-likeness (QED) is 0.591. The molecule has 1 atom stereocenters. The molecule has 0 radical (unpaired) electrons. The lowest BCUT2D eigenvalue weighted by atomic mass is 10.1. The van der Waals surface area contributed by atoms with Crippen LogP contribution in [0.5, 0.6) is 5.75 Å². The van der Waals surface area contributed by atoms with Crippen LogP contribution in [0.2, 0.25) is 5.02 Å². The second-order valence-corrected chi connectivity index (χ2v) is 7.48. The number of benzene rings is 1. The summed E-state index contributed by atoms with van der Waals surface area (Å²) in [6.07, 6.45) is 0.380. The van der Waals surface area contributed by atoms with Crippen LogP contribution in [-0.2, 0) is 18.2 Å². The number of aryl methyl sites for hydroxylation is 2. The van der Waals surface area contributed by atoms with Gasteiger partial charge >= 0.3 is 0 Å². The SMILES string of the molecule is Cc1nonc1C(=O)N1CCO[C@H](c2cc(CCOc3ccc(Cl)cc3)n(C)n2)C1. The molecule has 158 valence electrons. The summed E-state index contributed by atoms with van der Waals surface area (Å²) < 4.78 is 18.1. The fraction of sp³-hybridized carbons (Fsp3) is 0.400. The van der Waals surface area contributed by atoms with E-state index in [0.29, 0.717) is 43.4 Å². The average Bonchev–Trinajstić information content (AvgIpc) is 3.34. The van der Waals surface area contributed by atoms with Gasteiger partial charge in [0.15, 0.2) is 5.69 Å². The number of hydrogen-bond acceptors (Lipinski definition) is 7. The van der Waals surface area contributed by atoms with Crippen LogP contribution in [0.3, 0.4) is 0 Å². The Bertz CT molecular complexity index is 1020. The number of ether oxygens (including phenoxy) is 2. The van der Waals surface area contributed by atoms with Crippen LogP contribution in [0.15, 0.2) is 35.0 Å². The molecule has 1 aromatic carbocycles. The number of halogens is 1. The molecule has 0 aliphatic carbocycles. The van der Waals surface area contributed by atoms with E-state index in [1.165, 1.54) is 0 Å². The van der Waals surface area contributed by atoms with Gasteiger partial charge in [-0.15, -0.1) is 0 Å². The molecule has 0 unspecified atom stereocenters. The monoisotopic (exact) mass is 431 g/mol. The molecule has 1 aliphatic heterocycles. The van der Waals surface area contributed by atoms with Crippen LogP contribution in [-0.4, -0.2) is 57.2 Å². The smallest absolute Gasteiger partial charge is 0.278 e. The van der Waals surface area contributed by atoms with Gasteiger partial charge in [-0.2, -0.15) is 5.10 Å². The number of aromatic nitrogens is 4. The van der Waals surface area contributed by atoms with E-state index in [1.807, 2.05) is 29.9 Å². The molecule has 3 aromatic rings. The van der Waals surface area contributed by atoms with E-state index in [4.69, 9.17) is 21.1 Å². The average molecular weight is 432 g/mol. The molecule has 10 heteroatoms. The first-order valence-corrected chi connectivity index (χ1v) is 10.0. The fourth-order valence-corrected chi connectivity index (χ4v) is 3.44. The summed E-state index contributed by atoms with van der Waals surface area (Å²) in [7, 11) is 1.89. The molecule has 0 bridgehead atoms. The largest absolute Gasteiger partial charge is 0.493 e. The highest BCUT2D eigenvalue weighted by Gasteiger charge is 2.30. The van der Waals surface area contributed by atoms with Crippen molar-refractivity contribution in [3.8, 4) is 5.75 Å². The first kappa shape index (κ1) is 20.4. The number of carbonyl (C=O) groups is 1. The minimum absolute atomic E-state index is 0.213. The summed E-state index contributed by atoms with van der Waals surface area (Å²) in [5.74, 6) is 0.554. The molecule has 1 amide bonds. The Morgan fingerprint density at radius 2 is 2.10 bits per heavy atom. The van der Waals surface area contributed by atoms with Gasteiger partial charge in [-0.25, -0.2) is 4.63 Å². The zero-order valence-corrected chi connectivity index (χ0v) is 17.5. The van der Waals surface area contributed by atoms with E-state index in [-0.39, 0.29) is 17.7 Å². The Morgan fingerprint density at radius 3 is 2.83 bits per heavy atom. The second kappa shape index (κ2) is 8.85. The lowest BCUT2D eigenvalue weighted by Gasteiger charge is -2.31. The summed E-state index contributed by atoms with van der Waals surface area (Å²) in [6, 6.07) is 9.26. The van der Waals surface area contributed by atoms with Gasteiger partial charge in [-0.1, -0.05) is 16.8 Å². The predicted molar refractivity (Wildman–Crippen MR) is 107 cm³/mol. The van der Waals surface area contributed by atoms with Gasteiger partial charge in [0.25, 0.3) is 5.91 Å². The molecular formula is C20H22ClN5O4. The van der Waals surface area contributed by atoms with Crippen molar-refractivity contribution in [3.05, 3.63) is 58.1 Å². The lowest BCUT2D eigenvalue weighted by Crippen LogP contribution is -2.42. The molecule has 0 saturated carbocycles. The molecule has 0 spiro atoms. The van der Waals surface area contributed by atoms with Crippen molar-refractivity contribution in [2.45, 2.75) is 19.4 Å². The topological polar surface area (TPSA) is 95.5 Å². The molecule has 30 heavy (non-hydrogen) atoms. The summed E-state index contributed by atoms with van der Waals surface area (Å²) in [5.41, 5.74) is 2.51.